The van der Waals surface area contributed by atoms with Gasteiger partial charge in [-0.15, -0.1) is 0 Å². The average Bonchev–Trinajstić information content (AvgIpc) is 3.30. The highest BCUT2D eigenvalue weighted by atomic mass is 32.1. The van der Waals surface area contributed by atoms with Crippen LogP contribution in [-0.2, 0) is 11.3 Å². The topological polar surface area (TPSA) is 104 Å². The van der Waals surface area contributed by atoms with Crippen LogP contribution >= 0.6 is 11.3 Å². The van der Waals surface area contributed by atoms with E-state index in [1.54, 1.807) is 12.3 Å². The van der Waals surface area contributed by atoms with Gasteiger partial charge in [0, 0.05) is 13.1 Å². The van der Waals surface area contributed by atoms with Gasteiger partial charge in [0.05, 0.1) is 25.1 Å². The molecule has 8 nitrogen and oxygen atoms in total. The Morgan fingerprint density at radius 3 is 3.24 bits per heavy atom. The molecule has 1 amide bonds. The Balaban J connectivity index is 1.45. The molecule has 1 aliphatic rings. The summed E-state index contributed by atoms with van der Waals surface area (Å²) >= 11 is 1.32. The largest absolute Gasteiger partial charge is 0.467 e. The van der Waals surface area contributed by atoms with Crippen LogP contribution in [0.3, 0.4) is 0 Å². The van der Waals surface area contributed by atoms with Crippen molar-refractivity contribution in [2.75, 3.05) is 18.0 Å². The number of amides is 1. The van der Waals surface area contributed by atoms with E-state index in [2.05, 4.69) is 25.2 Å². The number of hydrogen-bond acceptors (Lipinski definition) is 7. The SMILES string of the molecule is O=C(NCc1ccco1)C1CCCN(c2nc3nc[nH]c(=O)c3s2)C1. The highest BCUT2D eigenvalue weighted by Gasteiger charge is 2.27. The summed E-state index contributed by atoms with van der Waals surface area (Å²) < 4.78 is 5.75. The number of thiazole rings is 1. The summed E-state index contributed by atoms with van der Waals surface area (Å²) in [5.41, 5.74) is 0.270. The number of furan rings is 1. The zero-order chi connectivity index (χ0) is 17.2. The fourth-order valence-electron chi connectivity index (χ4n) is 2.99. The molecule has 1 saturated heterocycles. The van der Waals surface area contributed by atoms with Crippen LogP contribution < -0.4 is 15.8 Å². The first kappa shape index (κ1) is 15.8. The lowest BCUT2D eigenvalue weighted by Gasteiger charge is -2.31. The monoisotopic (exact) mass is 359 g/mol. The van der Waals surface area contributed by atoms with Gasteiger partial charge in [-0.3, -0.25) is 9.59 Å². The predicted molar refractivity (Wildman–Crippen MR) is 93.5 cm³/mol. The molecule has 4 rings (SSSR count). The minimum Gasteiger partial charge on any atom is -0.467 e. The van der Waals surface area contributed by atoms with Crippen molar-refractivity contribution in [2.45, 2.75) is 19.4 Å². The number of nitrogens with zero attached hydrogens (tertiary/aromatic N) is 3. The maximum absolute atomic E-state index is 12.4. The number of H-pyrrole nitrogens is 1. The maximum atomic E-state index is 12.4. The number of fused-ring (bicyclic) bond motifs is 1. The third-order valence-corrected chi connectivity index (χ3v) is 5.37. The fraction of sp³-hybridized carbons (Fsp3) is 0.375. The van der Waals surface area contributed by atoms with E-state index in [1.807, 2.05) is 6.07 Å². The molecule has 2 N–H and O–H groups in total. The third-order valence-electron chi connectivity index (χ3n) is 4.27. The van der Waals surface area contributed by atoms with Crippen molar-refractivity contribution in [3.05, 3.63) is 40.8 Å². The molecular weight excluding hydrogens is 342 g/mol. The highest BCUT2D eigenvalue weighted by molar-refractivity contribution is 7.22. The van der Waals surface area contributed by atoms with Crippen molar-refractivity contribution < 1.29 is 9.21 Å². The second-order valence-corrected chi connectivity index (χ2v) is 6.94. The Morgan fingerprint density at radius 1 is 1.52 bits per heavy atom. The zero-order valence-corrected chi connectivity index (χ0v) is 14.2. The van der Waals surface area contributed by atoms with Gasteiger partial charge < -0.3 is 19.6 Å². The Bertz CT molecular complexity index is 933. The maximum Gasteiger partial charge on any atom is 0.270 e. The molecule has 9 heteroatoms. The molecule has 0 spiro atoms. The number of carbonyl (C=O) groups is 1. The van der Waals surface area contributed by atoms with Gasteiger partial charge >= 0.3 is 0 Å². The van der Waals surface area contributed by atoms with Crippen LogP contribution in [0.2, 0.25) is 0 Å². The number of nitrogens with one attached hydrogen (secondary N) is 2. The van der Waals surface area contributed by atoms with E-state index in [1.165, 1.54) is 17.7 Å². The molecule has 130 valence electrons. The van der Waals surface area contributed by atoms with Gasteiger partial charge in [0.1, 0.15) is 10.5 Å². The number of piperidine rings is 1. The highest BCUT2D eigenvalue weighted by Crippen LogP contribution is 2.29. The first-order chi connectivity index (χ1) is 12.2. The van der Waals surface area contributed by atoms with Crippen LogP contribution in [0.5, 0.6) is 0 Å². The first-order valence-corrected chi connectivity index (χ1v) is 8.91. The van der Waals surface area contributed by atoms with Crippen molar-refractivity contribution in [3.8, 4) is 0 Å². The number of hydrogen-bond donors (Lipinski definition) is 2. The van der Waals surface area contributed by atoms with Crippen molar-refractivity contribution in [1.29, 1.82) is 0 Å². The molecule has 4 heterocycles. The van der Waals surface area contributed by atoms with Crippen molar-refractivity contribution >= 4 is 32.7 Å². The molecule has 3 aromatic heterocycles. The summed E-state index contributed by atoms with van der Waals surface area (Å²) in [6.07, 6.45) is 4.69. The van der Waals surface area contributed by atoms with E-state index in [9.17, 15) is 9.59 Å². The zero-order valence-electron chi connectivity index (χ0n) is 13.4. The molecule has 1 aliphatic heterocycles. The fourth-order valence-corrected chi connectivity index (χ4v) is 3.94. The van der Waals surface area contributed by atoms with E-state index < -0.39 is 0 Å². The molecule has 0 aliphatic carbocycles. The summed E-state index contributed by atoms with van der Waals surface area (Å²) in [6.45, 7) is 1.80. The lowest BCUT2D eigenvalue weighted by Crippen LogP contribution is -2.42. The van der Waals surface area contributed by atoms with Gasteiger partial charge in [0.15, 0.2) is 10.8 Å². The van der Waals surface area contributed by atoms with Gasteiger partial charge in [-0.05, 0) is 25.0 Å². The van der Waals surface area contributed by atoms with Crippen molar-refractivity contribution in [3.63, 3.8) is 0 Å². The van der Waals surface area contributed by atoms with E-state index in [0.717, 1.165) is 30.3 Å². The summed E-state index contributed by atoms with van der Waals surface area (Å²) in [5.74, 6) is 0.637. The molecule has 0 aromatic carbocycles. The number of rotatable bonds is 4. The van der Waals surface area contributed by atoms with Crippen LogP contribution in [0.15, 0.2) is 33.9 Å². The minimum atomic E-state index is -0.182. The van der Waals surface area contributed by atoms with E-state index >= 15 is 0 Å². The third kappa shape index (κ3) is 3.27. The van der Waals surface area contributed by atoms with Crippen molar-refractivity contribution in [1.82, 2.24) is 20.3 Å². The molecule has 3 aromatic rings. The number of aromatic nitrogens is 3. The molecule has 0 saturated carbocycles. The average molecular weight is 359 g/mol. The van der Waals surface area contributed by atoms with Gasteiger partial charge in [0.2, 0.25) is 5.91 Å². The first-order valence-electron chi connectivity index (χ1n) is 8.10. The number of aromatic amines is 1. The van der Waals surface area contributed by atoms with Crippen LogP contribution in [0.1, 0.15) is 18.6 Å². The summed E-state index contributed by atoms with van der Waals surface area (Å²) in [6, 6.07) is 3.63. The Hall–Kier alpha value is -2.68. The lowest BCUT2D eigenvalue weighted by atomic mass is 9.97. The Labute approximate surface area is 146 Å². The number of anilines is 1. The Morgan fingerprint density at radius 2 is 2.44 bits per heavy atom. The minimum absolute atomic E-state index is 0.0122. The van der Waals surface area contributed by atoms with Crippen LogP contribution in [-0.4, -0.2) is 33.9 Å². The normalized spacial score (nSPS) is 17.8. The van der Waals surface area contributed by atoms with Crippen LogP contribution in [0, 0.1) is 5.92 Å². The summed E-state index contributed by atoms with van der Waals surface area (Å²) in [5, 5.41) is 3.66. The van der Waals surface area contributed by atoms with Crippen LogP contribution in [0.4, 0.5) is 5.13 Å². The molecule has 1 fully saturated rings. The molecule has 0 radical (unpaired) electrons. The van der Waals surface area contributed by atoms with Crippen LogP contribution in [0.25, 0.3) is 10.3 Å². The smallest absolute Gasteiger partial charge is 0.270 e. The summed E-state index contributed by atoms with van der Waals surface area (Å²) in [4.78, 5) is 37.4. The van der Waals surface area contributed by atoms with Gasteiger partial charge in [-0.25, -0.2) is 4.98 Å². The second-order valence-electron chi connectivity index (χ2n) is 5.96. The van der Waals surface area contributed by atoms with E-state index in [0.29, 0.717) is 23.4 Å². The molecular formula is C16H17N5O3S. The van der Waals surface area contributed by atoms with Gasteiger partial charge in [-0.2, -0.15) is 4.98 Å². The number of carbonyl (C=O) groups excluding carboxylic acids is 1. The molecule has 0 bridgehead atoms. The standard InChI is InChI=1S/C16H17N5O3S/c22-14(17-7-11-4-2-6-24-11)10-3-1-5-21(8-10)16-20-13-12(25-16)15(23)19-9-18-13/h2,4,6,9-10H,1,3,5,7-8H2,(H,17,22)(H,18,19,23). The van der Waals surface area contributed by atoms with E-state index in [-0.39, 0.29) is 17.4 Å². The Kier molecular flexibility index (Phi) is 4.22. The molecule has 1 unspecified atom stereocenters. The van der Waals surface area contributed by atoms with E-state index in [4.69, 9.17) is 4.42 Å². The van der Waals surface area contributed by atoms with Gasteiger partial charge in [-0.1, -0.05) is 11.3 Å². The van der Waals surface area contributed by atoms with Crippen molar-refractivity contribution in [2.24, 2.45) is 5.92 Å². The quantitative estimate of drug-likeness (QED) is 0.732. The lowest BCUT2D eigenvalue weighted by molar-refractivity contribution is -0.125. The molecule has 25 heavy (non-hydrogen) atoms. The second kappa shape index (κ2) is 6.67. The molecule has 1 atom stereocenters. The van der Waals surface area contributed by atoms with Gasteiger partial charge in [0.25, 0.3) is 5.56 Å². The summed E-state index contributed by atoms with van der Waals surface area (Å²) in [7, 11) is 0. The predicted octanol–water partition coefficient (Wildman–Crippen LogP) is 1.51.